The molecular weight excluding hydrogens is 166 g/mol. The summed E-state index contributed by atoms with van der Waals surface area (Å²) >= 11 is 0. The van der Waals surface area contributed by atoms with Crippen molar-refractivity contribution < 1.29 is 9.90 Å². The van der Waals surface area contributed by atoms with Crippen LogP contribution in [0.25, 0.3) is 0 Å². The molecule has 0 aromatic heterocycles. The zero-order chi connectivity index (χ0) is 9.94. The fourth-order valence-electron chi connectivity index (χ4n) is 0.915. The van der Waals surface area contributed by atoms with Gasteiger partial charge in [0.25, 0.3) is 0 Å². The Bertz CT molecular complexity index is 172. The van der Waals surface area contributed by atoms with Gasteiger partial charge in [-0.1, -0.05) is 0 Å². The molecular formula is C10H17NO2. The Morgan fingerprint density at radius 1 is 1.38 bits per heavy atom. The molecule has 74 valence electrons. The third kappa shape index (κ3) is 8.90. The topological polar surface area (TPSA) is 49.3 Å². The van der Waals surface area contributed by atoms with Crippen LogP contribution in [0.15, 0.2) is 0 Å². The average molecular weight is 183 g/mol. The van der Waals surface area contributed by atoms with Gasteiger partial charge in [0.05, 0.1) is 0 Å². The lowest BCUT2D eigenvalue weighted by atomic mass is 10.2. The van der Waals surface area contributed by atoms with Crippen LogP contribution < -0.4 is 5.32 Å². The third-order valence-corrected chi connectivity index (χ3v) is 1.65. The summed E-state index contributed by atoms with van der Waals surface area (Å²) in [6.07, 6.45) is 8.60. The molecule has 13 heavy (non-hydrogen) atoms. The summed E-state index contributed by atoms with van der Waals surface area (Å²) in [5.41, 5.74) is 0. The van der Waals surface area contributed by atoms with Gasteiger partial charge in [0.15, 0.2) is 0 Å². The number of terminal acetylenes is 1. The maximum Gasteiger partial charge on any atom is 0.220 e. The first-order valence-corrected chi connectivity index (χ1v) is 4.62. The van der Waals surface area contributed by atoms with E-state index in [1.54, 1.807) is 0 Å². The normalized spacial score (nSPS) is 9.23. The zero-order valence-corrected chi connectivity index (χ0v) is 7.88. The van der Waals surface area contributed by atoms with E-state index in [0.29, 0.717) is 19.4 Å². The van der Waals surface area contributed by atoms with E-state index in [-0.39, 0.29) is 12.5 Å². The lowest BCUT2D eigenvalue weighted by molar-refractivity contribution is -0.120. The van der Waals surface area contributed by atoms with Gasteiger partial charge in [-0.05, 0) is 19.3 Å². The molecule has 1 amide bonds. The summed E-state index contributed by atoms with van der Waals surface area (Å²) in [5.74, 6) is 2.43. The second kappa shape index (κ2) is 9.08. The van der Waals surface area contributed by atoms with Crippen LogP contribution in [-0.2, 0) is 4.79 Å². The lowest BCUT2D eigenvalue weighted by Crippen LogP contribution is -2.23. The second-order valence-electron chi connectivity index (χ2n) is 2.84. The zero-order valence-electron chi connectivity index (χ0n) is 7.88. The third-order valence-electron chi connectivity index (χ3n) is 1.65. The molecule has 0 aliphatic heterocycles. The van der Waals surface area contributed by atoms with Gasteiger partial charge >= 0.3 is 0 Å². The first-order valence-electron chi connectivity index (χ1n) is 4.62. The van der Waals surface area contributed by atoms with Crippen LogP contribution in [0.5, 0.6) is 0 Å². The molecule has 3 nitrogen and oxygen atoms in total. The minimum absolute atomic E-state index is 0.0157. The minimum Gasteiger partial charge on any atom is -0.396 e. The molecule has 0 aromatic carbocycles. The number of aliphatic hydroxyl groups is 1. The van der Waals surface area contributed by atoms with Crippen LogP contribution in [0, 0.1) is 12.3 Å². The Morgan fingerprint density at radius 3 is 2.77 bits per heavy atom. The van der Waals surface area contributed by atoms with Gasteiger partial charge in [0.2, 0.25) is 5.91 Å². The molecule has 0 heterocycles. The molecule has 0 saturated heterocycles. The summed E-state index contributed by atoms with van der Waals surface area (Å²) < 4.78 is 0. The van der Waals surface area contributed by atoms with Crippen LogP contribution in [0.4, 0.5) is 0 Å². The van der Waals surface area contributed by atoms with Crippen molar-refractivity contribution in [2.75, 3.05) is 13.2 Å². The molecule has 0 radical (unpaired) electrons. The average Bonchev–Trinajstić information content (AvgIpc) is 2.14. The minimum atomic E-state index is 0.0157. The van der Waals surface area contributed by atoms with Crippen LogP contribution in [0.1, 0.15) is 32.1 Å². The van der Waals surface area contributed by atoms with E-state index in [9.17, 15) is 4.79 Å². The van der Waals surface area contributed by atoms with Crippen molar-refractivity contribution in [3.05, 3.63) is 0 Å². The molecule has 0 aliphatic carbocycles. The molecule has 0 aromatic rings. The number of rotatable bonds is 7. The number of aliphatic hydroxyl groups excluding tert-OH is 1. The Kier molecular flexibility index (Phi) is 8.38. The highest BCUT2D eigenvalue weighted by Gasteiger charge is 1.97. The van der Waals surface area contributed by atoms with Gasteiger partial charge in [-0.2, -0.15) is 0 Å². The van der Waals surface area contributed by atoms with Crippen molar-refractivity contribution in [2.24, 2.45) is 0 Å². The van der Waals surface area contributed by atoms with Crippen molar-refractivity contribution in [3.63, 3.8) is 0 Å². The molecule has 0 spiro atoms. The molecule has 0 rings (SSSR count). The Hall–Kier alpha value is -1.01. The fraction of sp³-hybridized carbons (Fsp3) is 0.700. The van der Waals surface area contributed by atoms with E-state index in [2.05, 4.69) is 11.2 Å². The maximum absolute atomic E-state index is 11.0. The maximum atomic E-state index is 11.0. The van der Waals surface area contributed by atoms with E-state index in [4.69, 9.17) is 11.5 Å². The lowest BCUT2D eigenvalue weighted by Gasteiger charge is -2.02. The molecule has 2 N–H and O–H groups in total. The monoisotopic (exact) mass is 183 g/mol. The summed E-state index contributed by atoms with van der Waals surface area (Å²) in [4.78, 5) is 11.0. The number of nitrogens with one attached hydrogen (secondary N) is 1. The highest BCUT2D eigenvalue weighted by molar-refractivity contribution is 5.76. The standard InChI is InChI=1S/C10H17NO2/c1-2-3-7-10(13)11-8-5-4-6-9-12/h1,12H,3-9H2,(H,11,13). The van der Waals surface area contributed by atoms with Crippen LogP contribution in [0.3, 0.4) is 0 Å². The molecule has 0 unspecified atom stereocenters. The summed E-state index contributed by atoms with van der Waals surface area (Å²) in [6.45, 7) is 0.911. The van der Waals surface area contributed by atoms with Gasteiger partial charge in [0, 0.05) is 26.0 Å². The predicted octanol–water partition coefficient (Wildman–Crippen LogP) is 0.679. The molecule has 0 aliphatic rings. The van der Waals surface area contributed by atoms with E-state index >= 15 is 0 Å². The van der Waals surface area contributed by atoms with E-state index in [1.807, 2.05) is 0 Å². The highest BCUT2D eigenvalue weighted by Crippen LogP contribution is 1.92. The molecule has 0 saturated carbocycles. The number of hydrogen-bond donors (Lipinski definition) is 2. The van der Waals surface area contributed by atoms with Crippen LogP contribution in [0.2, 0.25) is 0 Å². The Balaban J connectivity index is 3.13. The second-order valence-corrected chi connectivity index (χ2v) is 2.84. The number of carbonyl (C=O) groups excluding carboxylic acids is 1. The van der Waals surface area contributed by atoms with E-state index < -0.39 is 0 Å². The van der Waals surface area contributed by atoms with Gasteiger partial charge in [-0.3, -0.25) is 4.79 Å². The largest absolute Gasteiger partial charge is 0.396 e. The summed E-state index contributed by atoms with van der Waals surface area (Å²) in [5, 5.41) is 11.2. The number of hydrogen-bond acceptors (Lipinski definition) is 2. The van der Waals surface area contributed by atoms with Crippen molar-refractivity contribution >= 4 is 5.91 Å². The summed E-state index contributed by atoms with van der Waals surface area (Å²) in [7, 11) is 0. The quantitative estimate of drug-likeness (QED) is 0.450. The van der Waals surface area contributed by atoms with E-state index in [1.165, 1.54) is 0 Å². The van der Waals surface area contributed by atoms with Gasteiger partial charge in [0.1, 0.15) is 0 Å². The first kappa shape index (κ1) is 12.0. The first-order chi connectivity index (χ1) is 6.31. The van der Waals surface area contributed by atoms with Crippen molar-refractivity contribution in [2.45, 2.75) is 32.1 Å². The van der Waals surface area contributed by atoms with Crippen molar-refractivity contribution in [1.82, 2.24) is 5.32 Å². The smallest absolute Gasteiger partial charge is 0.220 e. The van der Waals surface area contributed by atoms with Gasteiger partial charge in [-0.25, -0.2) is 0 Å². The van der Waals surface area contributed by atoms with Crippen molar-refractivity contribution in [3.8, 4) is 12.3 Å². The van der Waals surface area contributed by atoms with Gasteiger partial charge < -0.3 is 10.4 Å². The van der Waals surface area contributed by atoms with Crippen LogP contribution >= 0.6 is 0 Å². The van der Waals surface area contributed by atoms with E-state index in [0.717, 1.165) is 19.3 Å². The van der Waals surface area contributed by atoms with Crippen molar-refractivity contribution in [1.29, 1.82) is 0 Å². The Morgan fingerprint density at radius 2 is 2.15 bits per heavy atom. The van der Waals surface area contributed by atoms with Gasteiger partial charge in [-0.15, -0.1) is 12.3 Å². The number of carbonyl (C=O) groups is 1. The fourth-order valence-corrected chi connectivity index (χ4v) is 0.915. The highest BCUT2D eigenvalue weighted by atomic mass is 16.2. The molecule has 0 fully saturated rings. The predicted molar refractivity (Wildman–Crippen MR) is 52.0 cm³/mol. The number of amides is 1. The Labute approximate surface area is 79.5 Å². The summed E-state index contributed by atoms with van der Waals surface area (Å²) in [6, 6.07) is 0. The number of unbranched alkanes of at least 4 members (excludes halogenated alkanes) is 2. The SMILES string of the molecule is C#CCCC(=O)NCCCCCO. The van der Waals surface area contributed by atoms with Crippen LogP contribution in [-0.4, -0.2) is 24.2 Å². The molecule has 0 atom stereocenters. The molecule has 3 heteroatoms. The molecule has 0 bridgehead atoms.